The van der Waals surface area contributed by atoms with Gasteiger partial charge >= 0.3 is 4.87 Å². The van der Waals surface area contributed by atoms with Gasteiger partial charge in [-0.3, -0.25) is 9.69 Å². The standard InChI is InChI=1S/C14H16ClN3OS/c15-11-3-1-10(2-4-11)13-12(20-14(19)17-13)9-18-7-5-16-6-8-18/h1-4,16H,5-9H2,(H,17,19). The SMILES string of the molecule is O=c1[nH]c(-c2ccc(Cl)cc2)c(CN2CCNCC2)s1. The van der Waals surface area contributed by atoms with Crippen LogP contribution in [0, 0.1) is 0 Å². The summed E-state index contributed by atoms with van der Waals surface area (Å²) >= 11 is 7.22. The molecule has 1 fully saturated rings. The molecule has 1 aromatic heterocycles. The van der Waals surface area contributed by atoms with Crippen LogP contribution in [0.4, 0.5) is 0 Å². The molecule has 3 rings (SSSR count). The van der Waals surface area contributed by atoms with Crippen LogP contribution in [0.1, 0.15) is 4.88 Å². The Morgan fingerprint density at radius 1 is 1.20 bits per heavy atom. The van der Waals surface area contributed by atoms with E-state index in [1.807, 2.05) is 24.3 Å². The Hall–Kier alpha value is -1.14. The molecule has 0 atom stereocenters. The highest BCUT2D eigenvalue weighted by Gasteiger charge is 2.16. The summed E-state index contributed by atoms with van der Waals surface area (Å²) in [6, 6.07) is 7.59. The number of aromatic nitrogens is 1. The molecule has 106 valence electrons. The number of aromatic amines is 1. The minimum Gasteiger partial charge on any atom is -0.314 e. The molecule has 2 heterocycles. The lowest BCUT2D eigenvalue weighted by atomic mass is 10.1. The fourth-order valence-electron chi connectivity index (χ4n) is 2.39. The van der Waals surface area contributed by atoms with Gasteiger partial charge in [-0.2, -0.15) is 0 Å². The van der Waals surface area contributed by atoms with E-state index in [1.165, 1.54) is 11.3 Å². The first-order valence-electron chi connectivity index (χ1n) is 6.63. The predicted molar refractivity (Wildman–Crippen MR) is 83.5 cm³/mol. The topological polar surface area (TPSA) is 48.1 Å². The highest BCUT2D eigenvalue weighted by molar-refractivity contribution is 7.09. The lowest BCUT2D eigenvalue weighted by Crippen LogP contribution is -2.42. The van der Waals surface area contributed by atoms with E-state index in [0.717, 1.165) is 48.9 Å². The van der Waals surface area contributed by atoms with E-state index in [9.17, 15) is 4.79 Å². The number of nitrogens with zero attached hydrogens (tertiary/aromatic N) is 1. The van der Waals surface area contributed by atoms with Crippen LogP contribution in [0.3, 0.4) is 0 Å². The highest BCUT2D eigenvalue weighted by atomic mass is 35.5. The number of hydrogen-bond acceptors (Lipinski definition) is 4. The Kier molecular flexibility index (Phi) is 4.21. The molecule has 2 aromatic rings. The highest BCUT2D eigenvalue weighted by Crippen LogP contribution is 2.25. The van der Waals surface area contributed by atoms with Crippen LogP contribution in [0.25, 0.3) is 11.3 Å². The number of piperazine rings is 1. The van der Waals surface area contributed by atoms with Crippen molar-refractivity contribution in [3.8, 4) is 11.3 Å². The molecule has 1 saturated heterocycles. The van der Waals surface area contributed by atoms with Crippen molar-refractivity contribution in [1.29, 1.82) is 0 Å². The van der Waals surface area contributed by atoms with Crippen LogP contribution in [-0.4, -0.2) is 36.1 Å². The van der Waals surface area contributed by atoms with E-state index >= 15 is 0 Å². The van der Waals surface area contributed by atoms with Crippen LogP contribution in [0.2, 0.25) is 5.02 Å². The lowest BCUT2D eigenvalue weighted by Gasteiger charge is -2.26. The summed E-state index contributed by atoms with van der Waals surface area (Å²) in [5, 5.41) is 4.04. The van der Waals surface area contributed by atoms with E-state index in [2.05, 4.69) is 15.2 Å². The molecule has 0 bridgehead atoms. The zero-order chi connectivity index (χ0) is 13.9. The van der Waals surface area contributed by atoms with Crippen LogP contribution in [-0.2, 0) is 6.54 Å². The van der Waals surface area contributed by atoms with Crippen LogP contribution >= 0.6 is 22.9 Å². The molecule has 6 heteroatoms. The number of halogens is 1. The molecule has 2 N–H and O–H groups in total. The second-order valence-corrected chi connectivity index (χ2v) is 6.35. The van der Waals surface area contributed by atoms with Gasteiger partial charge in [0.25, 0.3) is 0 Å². The number of thiazole rings is 1. The van der Waals surface area contributed by atoms with E-state index in [-0.39, 0.29) is 4.87 Å². The molecule has 0 unspecified atom stereocenters. The molecule has 0 saturated carbocycles. The molecule has 4 nitrogen and oxygen atoms in total. The normalized spacial score (nSPS) is 16.4. The van der Waals surface area contributed by atoms with Gasteiger partial charge in [0.1, 0.15) is 0 Å². The van der Waals surface area contributed by atoms with Crippen LogP contribution < -0.4 is 10.2 Å². The third-order valence-electron chi connectivity index (χ3n) is 3.43. The van der Waals surface area contributed by atoms with Gasteiger partial charge in [-0.1, -0.05) is 35.1 Å². The number of benzene rings is 1. The summed E-state index contributed by atoms with van der Waals surface area (Å²) in [4.78, 5) is 18.1. The predicted octanol–water partition coefficient (Wildman–Crippen LogP) is 2.16. The van der Waals surface area contributed by atoms with Crippen molar-refractivity contribution in [2.24, 2.45) is 0 Å². The first kappa shape index (κ1) is 13.8. The molecule has 1 aliphatic rings. The third-order valence-corrected chi connectivity index (χ3v) is 4.55. The van der Waals surface area contributed by atoms with Crippen molar-refractivity contribution in [3.63, 3.8) is 0 Å². The summed E-state index contributed by atoms with van der Waals surface area (Å²) in [5.74, 6) is 0. The number of hydrogen-bond donors (Lipinski definition) is 2. The third kappa shape index (κ3) is 3.12. The Morgan fingerprint density at radius 3 is 2.60 bits per heavy atom. The Balaban J connectivity index is 1.87. The molecule has 20 heavy (non-hydrogen) atoms. The Bertz CT molecular complexity index is 629. The average molecular weight is 310 g/mol. The quantitative estimate of drug-likeness (QED) is 0.913. The summed E-state index contributed by atoms with van der Waals surface area (Å²) in [7, 11) is 0. The molecule has 0 aliphatic carbocycles. The van der Waals surface area contributed by atoms with Crippen LogP contribution in [0.15, 0.2) is 29.1 Å². The fraction of sp³-hybridized carbons (Fsp3) is 0.357. The van der Waals surface area contributed by atoms with E-state index < -0.39 is 0 Å². The van der Waals surface area contributed by atoms with Gasteiger partial charge in [0.2, 0.25) is 0 Å². The van der Waals surface area contributed by atoms with Crippen molar-refractivity contribution in [3.05, 3.63) is 43.8 Å². The van der Waals surface area contributed by atoms with Gasteiger partial charge in [0, 0.05) is 42.6 Å². The van der Waals surface area contributed by atoms with Crippen molar-refractivity contribution in [2.75, 3.05) is 26.2 Å². The first-order valence-corrected chi connectivity index (χ1v) is 7.83. The van der Waals surface area contributed by atoms with Gasteiger partial charge in [-0.15, -0.1) is 0 Å². The first-order chi connectivity index (χ1) is 9.72. The van der Waals surface area contributed by atoms with Crippen LogP contribution in [0.5, 0.6) is 0 Å². The van der Waals surface area contributed by atoms with E-state index in [1.54, 1.807) is 0 Å². The summed E-state index contributed by atoms with van der Waals surface area (Å²) < 4.78 is 0. The smallest absolute Gasteiger partial charge is 0.305 e. The zero-order valence-electron chi connectivity index (χ0n) is 11.0. The van der Waals surface area contributed by atoms with Crippen molar-refractivity contribution in [2.45, 2.75) is 6.54 Å². The molecule has 0 spiro atoms. The van der Waals surface area contributed by atoms with Crippen molar-refractivity contribution >= 4 is 22.9 Å². The molecule has 0 amide bonds. The second-order valence-electron chi connectivity index (χ2n) is 4.85. The summed E-state index contributed by atoms with van der Waals surface area (Å²) in [6.07, 6.45) is 0. The fourth-order valence-corrected chi connectivity index (χ4v) is 3.41. The molecule has 0 radical (unpaired) electrons. The van der Waals surface area contributed by atoms with E-state index in [0.29, 0.717) is 5.02 Å². The average Bonchev–Trinajstić information content (AvgIpc) is 2.81. The molecular formula is C14H16ClN3OS. The van der Waals surface area contributed by atoms with Gasteiger partial charge in [-0.25, -0.2) is 0 Å². The maximum Gasteiger partial charge on any atom is 0.305 e. The van der Waals surface area contributed by atoms with Crippen molar-refractivity contribution < 1.29 is 0 Å². The molecular weight excluding hydrogens is 294 g/mol. The van der Waals surface area contributed by atoms with Gasteiger partial charge in [0.15, 0.2) is 0 Å². The Labute approximate surface area is 126 Å². The van der Waals surface area contributed by atoms with Gasteiger partial charge in [0.05, 0.1) is 5.69 Å². The minimum atomic E-state index is 0.0000782. The maximum absolute atomic E-state index is 11.7. The summed E-state index contributed by atoms with van der Waals surface area (Å²) in [6.45, 7) is 4.88. The van der Waals surface area contributed by atoms with E-state index in [4.69, 9.17) is 11.6 Å². The molecule has 1 aromatic carbocycles. The van der Waals surface area contributed by atoms with Gasteiger partial charge < -0.3 is 10.3 Å². The van der Waals surface area contributed by atoms with Crippen molar-refractivity contribution in [1.82, 2.24) is 15.2 Å². The minimum absolute atomic E-state index is 0.0000782. The maximum atomic E-state index is 11.7. The summed E-state index contributed by atoms with van der Waals surface area (Å²) in [5.41, 5.74) is 1.94. The number of H-pyrrole nitrogens is 1. The Morgan fingerprint density at radius 2 is 1.90 bits per heavy atom. The largest absolute Gasteiger partial charge is 0.314 e. The second kappa shape index (κ2) is 6.10. The number of rotatable bonds is 3. The molecule has 1 aliphatic heterocycles. The number of nitrogens with one attached hydrogen (secondary N) is 2. The zero-order valence-corrected chi connectivity index (χ0v) is 12.6. The van der Waals surface area contributed by atoms with Gasteiger partial charge in [-0.05, 0) is 17.7 Å². The monoisotopic (exact) mass is 309 g/mol. The lowest BCUT2D eigenvalue weighted by molar-refractivity contribution is 0.235.